The number of benzene rings is 1. The molecule has 1 amide bonds. The summed E-state index contributed by atoms with van der Waals surface area (Å²) in [6, 6.07) is 3.55. The van der Waals surface area contributed by atoms with E-state index in [1.54, 1.807) is 0 Å². The predicted molar refractivity (Wildman–Crippen MR) is 62.7 cm³/mol. The lowest BCUT2D eigenvalue weighted by molar-refractivity contribution is -0.137. The quantitative estimate of drug-likeness (QED) is 0.903. The Balaban J connectivity index is 3.06. The summed E-state index contributed by atoms with van der Waals surface area (Å²) in [7, 11) is 1.23. The Labute approximate surface area is 112 Å². The molecule has 0 radical (unpaired) electrons. The number of amides is 1. The van der Waals surface area contributed by atoms with Gasteiger partial charge in [0, 0.05) is 12.1 Å². The predicted octanol–water partition coefficient (Wildman–Crippen LogP) is 2.10. The van der Waals surface area contributed by atoms with Crippen molar-refractivity contribution in [1.82, 2.24) is 4.90 Å². The van der Waals surface area contributed by atoms with Gasteiger partial charge in [-0.2, -0.15) is 8.78 Å². The van der Waals surface area contributed by atoms with Crippen molar-refractivity contribution in [3.63, 3.8) is 0 Å². The van der Waals surface area contributed by atoms with E-state index in [0.717, 1.165) is 17.0 Å². The van der Waals surface area contributed by atoms with E-state index in [2.05, 4.69) is 4.74 Å². The maximum Gasteiger partial charge on any atom is 0.387 e. The fraction of sp³-hybridized carbons (Fsp3) is 0.273. The van der Waals surface area contributed by atoms with Crippen molar-refractivity contribution in [3.8, 4) is 5.75 Å². The lowest BCUT2D eigenvalue weighted by Crippen LogP contribution is -2.32. The molecule has 1 aromatic rings. The zero-order valence-corrected chi connectivity index (χ0v) is 10.5. The summed E-state index contributed by atoms with van der Waals surface area (Å²) in [5.74, 6) is -2.36. The third-order valence-electron chi connectivity index (χ3n) is 2.11. The summed E-state index contributed by atoms with van der Waals surface area (Å²) >= 11 is 5.68. The molecule has 19 heavy (non-hydrogen) atoms. The Bertz CT molecular complexity index is 496. The van der Waals surface area contributed by atoms with Gasteiger partial charge in [0.2, 0.25) is 0 Å². The molecule has 0 saturated carbocycles. The van der Waals surface area contributed by atoms with Crippen LogP contribution in [0.3, 0.4) is 0 Å². The molecule has 0 unspecified atom stereocenters. The highest BCUT2D eigenvalue weighted by Crippen LogP contribution is 2.25. The number of carbonyl (C=O) groups is 2. The molecule has 0 aromatic heterocycles. The van der Waals surface area contributed by atoms with Gasteiger partial charge in [0.15, 0.2) is 0 Å². The van der Waals surface area contributed by atoms with Gasteiger partial charge in [0.25, 0.3) is 5.91 Å². The van der Waals surface area contributed by atoms with Crippen LogP contribution in [0.2, 0.25) is 5.02 Å². The largest absolute Gasteiger partial charge is 0.480 e. The summed E-state index contributed by atoms with van der Waals surface area (Å²) in [6.45, 7) is -3.67. The van der Waals surface area contributed by atoms with Crippen LogP contribution in [-0.2, 0) is 4.79 Å². The van der Waals surface area contributed by atoms with Crippen LogP contribution in [0.5, 0.6) is 5.75 Å². The van der Waals surface area contributed by atoms with Crippen LogP contribution in [-0.4, -0.2) is 42.1 Å². The van der Waals surface area contributed by atoms with Crippen LogP contribution in [0.25, 0.3) is 0 Å². The van der Waals surface area contributed by atoms with E-state index in [1.165, 1.54) is 13.1 Å². The van der Waals surface area contributed by atoms with E-state index < -0.39 is 25.0 Å². The molecule has 1 N–H and O–H groups in total. The SMILES string of the molecule is CN(CC(=O)O)C(=O)c1cc(Cl)ccc1OC(F)F. The Kier molecular flexibility index (Phi) is 5.05. The van der Waals surface area contributed by atoms with Gasteiger partial charge in [-0.25, -0.2) is 0 Å². The average Bonchev–Trinajstić information content (AvgIpc) is 2.29. The summed E-state index contributed by atoms with van der Waals surface area (Å²) < 4.78 is 28.6. The molecule has 1 aromatic carbocycles. The first-order valence-electron chi connectivity index (χ1n) is 5.03. The zero-order valence-electron chi connectivity index (χ0n) is 9.77. The summed E-state index contributed by atoms with van der Waals surface area (Å²) in [5, 5.41) is 8.72. The second-order valence-corrected chi connectivity index (χ2v) is 4.01. The fourth-order valence-electron chi connectivity index (χ4n) is 1.35. The third-order valence-corrected chi connectivity index (χ3v) is 2.34. The van der Waals surface area contributed by atoms with Crippen molar-refractivity contribution in [2.24, 2.45) is 0 Å². The summed E-state index contributed by atoms with van der Waals surface area (Å²) in [4.78, 5) is 23.3. The molecular formula is C11H10ClF2NO4. The van der Waals surface area contributed by atoms with E-state index in [-0.39, 0.29) is 16.3 Å². The van der Waals surface area contributed by atoms with Crippen LogP contribution < -0.4 is 4.74 Å². The molecule has 0 atom stereocenters. The van der Waals surface area contributed by atoms with E-state index in [0.29, 0.717) is 0 Å². The van der Waals surface area contributed by atoms with Crippen LogP contribution >= 0.6 is 11.6 Å². The number of carbonyl (C=O) groups excluding carboxylic acids is 1. The van der Waals surface area contributed by atoms with Gasteiger partial charge in [0.1, 0.15) is 12.3 Å². The summed E-state index contributed by atoms with van der Waals surface area (Å²) in [5.41, 5.74) is -0.225. The molecule has 0 aliphatic rings. The second kappa shape index (κ2) is 6.33. The Hall–Kier alpha value is -1.89. The molecular weight excluding hydrogens is 284 g/mol. The van der Waals surface area contributed by atoms with Crippen LogP contribution in [0.1, 0.15) is 10.4 Å². The molecule has 0 bridgehead atoms. The van der Waals surface area contributed by atoms with Gasteiger partial charge in [-0.3, -0.25) is 9.59 Å². The highest BCUT2D eigenvalue weighted by Gasteiger charge is 2.20. The maximum atomic E-state index is 12.2. The molecule has 0 aliphatic carbocycles. The molecule has 8 heteroatoms. The average molecular weight is 294 g/mol. The number of hydrogen-bond acceptors (Lipinski definition) is 3. The topological polar surface area (TPSA) is 66.8 Å². The number of alkyl halides is 2. The minimum absolute atomic E-state index is 0.147. The molecule has 1 rings (SSSR count). The fourth-order valence-corrected chi connectivity index (χ4v) is 1.52. The maximum absolute atomic E-state index is 12.2. The monoisotopic (exact) mass is 293 g/mol. The van der Waals surface area contributed by atoms with Gasteiger partial charge >= 0.3 is 12.6 Å². The number of carboxylic acids is 1. The molecule has 0 spiro atoms. The van der Waals surface area contributed by atoms with Crippen LogP contribution in [0.15, 0.2) is 18.2 Å². The minimum Gasteiger partial charge on any atom is -0.480 e. The molecule has 0 saturated heterocycles. The molecule has 0 aliphatic heterocycles. The molecule has 104 valence electrons. The van der Waals surface area contributed by atoms with Crippen LogP contribution in [0.4, 0.5) is 8.78 Å². The van der Waals surface area contributed by atoms with E-state index in [1.807, 2.05) is 0 Å². The van der Waals surface area contributed by atoms with Crippen molar-refractivity contribution in [2.45, 2.75) is 6.61 Å². The van der Waals surface area contributed by atoms with E-state index >= 15 is 0 Å². The van der Waals surface area contributed by atoms with Gasteiger partial charge in [0.05, 0.1) is 5.56 Å². The Morgan fingerprint density at radius 2 is 2.11 bits per heavy atom. The normalized spacial score (nSPS) is 10.4. The number of carboxylic acid groups (broad SMARTS) is 1. The first-order chi connectivity index (χ1) is 8.81. The lowest BCUT2D eigenvalue weighted by atomic mass is 10.1. The van der Waals surface area contributed by atoms with Gasteiger partial charge in [-0.15, -0.1) is 0 Å². The lowest BCUT2D eigenvalue weighted by Gasteiger charge is -2.17. The standard InChI is InChI=1S/C11H10ClF2NO4/c1-15(5-9(16)17)10(18)7-4-6(12)2-3-8(7)19-11(13)14/h2-4,11H,5H2,1H3,(H,16,17). The van der Waals surface area contributed by atoms with Crippen molar-refractivity contribution in [1.29, 1.82) is 0 Å². The van der Waals surface area contributed by atoms with Gasteiger partial charge in [-0.05, 0) is 18.2 Å². The van der Waals surface area contributed by atoms with E-state index in [4.69, 9.17) is 16.7 Å². The van der Waals surface area contributed by atoms with Crippen molar-refractivity contribution in [2.75, 3.05) is 13.6 Å². The number of rotatable bonds is 5. The zero-order chi connectivity index (χ0) is 14.6. The number of aliphatic carboxylic acids is 1. The first kappa shape index (κ1) is 15.2. The molecule has 0 heterocycles. The van der Waals surface area contributed by atoms with Gasteiger partial charge < -0.3 is 14.7 Å². The number of ether oxygens (including phenoxy) is 1. The Morgan fingerprint density at radius 3 is 2.63 bits per heavy atom. The number of hydrogen-bond donors (Lipinski definition) is 1. The number of nitrogens with zero attached hydrogens (tertiary/aromatic N) is 1. The second-order valence-electron chi connectivity index (χ2n) is 3.57. The highest BCUT2D eigenvalue weighted by atomic mass is 35.5. The molecule has 5 nitrogen and oxygen atoms in total. The Morgan fingerprint density at radius 1 is 1.47 bits per heavy atom. The van der Waals surface area contributed by atoms with Crippen LogP contribution in [0, 0.1) is 0 Å². The van der Waals surface area contributed by atoms with E-state index in [9.17, 15) is 18.4 Å². The number of likely N-dealkylation sites (N-methyl/N-ethyl adjacent to an activating group) is 1. The summed E-state index contributed by atoms with van der Waals surface area (Å²) in [6.07, 6.45) is 0. The smallest absolute Gasteiger partial charge is 0.387 e. The molecule has 0 fully saturated rings. The minimum atomic E-state index is -3.10. The third kappa shape index (κ3) is 4.36. The first-order valence-corrected chi connectivity index (χ1v) is 5.40. The van der Waals surface area contributed by atoms with Gasteiger partial charge in [-0.1, -0.05) is 11.6 Å². The highest BCUT2D eigenvalue weighted by molar-refractivity contribution is 6.31. The van der Waals surface area contributed by atoms with Crippen molar-refractivity contribution < 1.29 is 28.2 Å². The number of halogens is 3. The van der Waals surface area contributed by atoms with Crippen molar-refractivity contribution in [3.05, 3.63) is 28.8 Å². The van der Waals surface area contributed by atoms with Crippen molar-refractivity contribution >= 4 is 23.5 Å².